The molecule has 0 spiro atoms. The number of hydrogen-bond donors (Lipinski definition) is 1. The Morgan fingerprint density at radius 2 is 1.62 bits per heavy atom. The van der Waals surface area contributed by atoms with Gasteiger partial charge in [0.25, 0.3) is 0 Å². The Hall–Kier alpha value is -2.45. The summed E-state index contributed by atoms with van der Waals surface area (Å²) in [5.74, 6) is 1.15. The van der Waals surface area contributed by atoms with Gasteiger partial charge in [0.05, 0.1) is 11.6 Å². The summed E-state index contributed by atoms with van der Waals surface area (Å²) in [4.78, 5) is 22.0. The third-order valence-corrected chi connectivity index (χ3v) is 7.85. The van der Waals surface area contributed by atoms with Crippen LogP contribution in [0.15, 0.2) is 47.0 Å². The molecule has 0 atom stereocenters. The molecule has 0 saturated carbocycles. The number of hydrogen-bond acceptors (Lipinski definition) is 6. The number of benzene rings is 2. The number of likely N-dealkylation sites (tertiary alicyclic amines) is 2. The van der Waals surface area contributed by atoms with Crippen molar-refractivity contribution in [2.75, 3.05) is 26.2 Å². The minimum Gasteiger partial charge on any atom is -0.352 e. The van der Waals surface area contributed by atoms with Crippen LogP contribution in [0.3, 0.4) is 0 Å². The third-order valence-electron chi connectivity index (χ3n) is 7.30. The standard InChI is InChI=1S/C28H33Cl2N5O2/c29-23-8-9-24(25(30)16-23)27-32-26(37-33-27)19-35-14-10-22(11-15-35)28(36)31-17-20-4-6-21(7-5-20)18-34-12-2-1-3-13-34/h4-9,16,22H,1-3,10-15,17-19H2,(H,31,36). The first-order valence-corrected chi connectivity index (χ1v) is 13.9. The second kappa shape index (κ2) is 12.4. The zero-order valence-corrected chi connectivity index (χ0v) is 22.5. The second-order valence-electron chi connectivity index (χ2n) is 10.1. The highest BCUT2D eigenvalue weighted by atomic mass is 35.5. The number of rotatable bonds is 8. The SMILES string of the molecule is O=C(NCc1ccc(CN2CCCCC2)cc1)C1CCN(Cc2nc(-c3ccc(Cl)cc3Cl)no2)CC1. The van der Waals surface area contributed by atoms with E-state index in [1.807, 2.05) is 0 Å². The van der Waals surface area contributed by atoms with Crippen molar-refractivity contribution in [3.63, 3.8) is 0 Å². The number of halogens is 2. The van der Waals surface area contributed by atoms with Crippen LogP contribution in [-0.2, 0) is 24.4 Å². The average Bonchev–Trinajstić information content (AvgIpc) is 3.37. The van der Waals surface area contributed by atoms with Crippen LogP contribution in [0.1, 0.15) is 49.1 Å². The highest BCUT2D eigenvalue weighted by molar-refractivity contribution is 6.36. The van der Waals surface area contributed by atoms with Crippen molar-refractivity contribution >= 4 is 29.1 Å². The minimum atomic E-state index is 0.0285. The Morgan fingerprint density at radius 3 is 2.35 bits per heavy atom. The normalized spacial score (nSPS) is 17.7. The van der Waals surface area contributed by atoms with Gasteiger partial charge in [-0.3, -0.25) is 14.6 Å². The van der Waals surface area contributed by atoms with Gasteiger partial charge in [-0.2, -0.15) is 4.98 Å². The molecular formula is C28H33Cl2N5O2. The second-order valence-corrected chi connectivity index (χ2v) is 10.9. The fourth-order valence-electron chi connectivity index (χ4n) is 5.12. The van der Waals surface area contributed by atoms with E-state index in [0.717, 1.165) is 38.0 Å². The zero-order valence-electron chi connectivity index (χ0n) is 21.0. The highest BCUT2D eigenvalue weighted by Gasteiger charge is 2.26. The summed E-state index contributed by atoms with van der Waals surface area (Å²) in [6, 6.07) is 13.9. The molecular weight excluding hydrogens is 509 g/mol. The van der Waals surface area contributed by atoms with Gasteiger partial charge in [-0.25, -0.2) is 0 Å². The molecule has 0 aliphatic carbocycles. The predicted molar refractivity (Wildman–Crippen MR) is 145 cm³/mol. The number of carbonyl (C=O) groups is 1. The lowest BCUT2D eigenvalue weighted by molar-refractivity contribution is -0.126. The van der Waals surface area contributed by atoms with Gasteiger partial charge in [0.15, 0.2) is 0 Å². The molecule has 2 fully saturated rings. The van der Waals surface area contributed by atoms with Crippen LogP contribution in [0.5, 0.6) is 0 Å². The quantitative estimate of drug-likeness (QED) is 0.402. The first kappa shape index (κ1) is 26.2. The van der Waals surface area contributed by atoms with E-state index in [4.69, 9.17) is 27.7 Å². The fraction of sp³-hybridized carbons (Fsp3) is 0.464. The van der Waals surface area contributed by atoms with E-state index < -0.39 is 0 Å². The molecule has 0 radical (unpaired) electrons. The Kier molecular flexibility index (Phi) is 8.77. The van der Waals surface area contributed by atoms with Gasteiger partial charge in [-0.05, 0) is 81.2 Å². The Bertz CT molecular complexity index is 1190. The molecule has 37 heavy (non-hydrogen) atoms. The molecule has 0 unspecified atom stereocenters. The Morgan fingerprint density at radius 1 is 0.919 bits per heavy atom. The largest absolute Gasteiger partial charge is 0.352 e. The molecule has 1 amide bonds. The monoisotopic (exact) mass is 541 g/mol. The van der Waals surface area contributed by atoms with Gasteiger partial charge < -0.3 is 9.84 Å². The maximum atomic E-state index is 12.8. The van der Waals surface area contributed by atoms with Crippen LogP contribution < -0.4 is 5.32 Å². The first-order valence-electron chi connectivity index (χ1n) is 13.1. The van der Waals surface area contributed by atoms with E-state index in [-0.39, 0.29) is 11.8 Å². The van der Waals surface area contributed by atoms with Gasteiger partial charge in [-0.15, -0.1) is 0 Å². The molecule has 9 heteroatoms. The van der Waals surface area contributed by atoms with Crippen molar-refractivity contribution < 1.29 is 9.32 Å². The smallest absolute Gasteiger partial charge is 0.241 e. The molecule has 3 aromatic rings. The summed E-state index contributed by atoms with van der Waals surface area (Å²) in [6.45, 7) is 6.16. The van der Waals surface area contributed by atoms with Crippen molar-refractivity contribution in [2.45, 2.75) is 51.7 Å². The number of piperidine rings is 2. The average molecular weight is 543 g/mol. The van der Waals surface area contributed by atoms with Crippen LogP contribution in [0.4, 0.5) is 0 Å². The molecule has 3 heterocycles. The molecule has 2 aliphatic heterocycles. The number of nitrogens with one attached hydrogen (secondary N) is 1. The summed E-state index contributed by atoms with van der Waals surface area (Å²) in [5, 5.41) is 8.25. The molecule has 1 N–H and O–H groups in total. The molecule has 2 aliphatic rings. The van der Waals surface area contributed by atoms with Crippen molar-refractivity contribution in [2.24, 2.45) is 5.92 Å². The van der Waals surface area contributed by atoms with E-state index >= 15 is 0 Å². The van der Waals surface area contributed by atoms with E-state index in [9.17, 15) is 4.79 Å². The first-order chi connectivity index (χ1) is 18.0. The summed E-state index contributed by atoms with van der Waals surface area (Å²) in [7, 11) is 0. The van der Waals surface area contributed by atoms with Gasteiger partial charge in [-0.1, -0.05) is 59.0 Å². The number of nitrogens with zero attached hydrogens (tertiary/aromatic N) is 4. The Labute approximate surface area is 228 Å². The van der Waals surface area contributed by atoms with Crippen LogP contribution in [0, 0.1) is 5.92 Å². The molecule has 5 rings (SSSR count). The van der Waals surface area contributed by atoms with Crippen LogP contribution in [0.2, 0.25) is 10.0 Å². The van der Waals surface area contributed by atoms with E-state index in [2.05, 4.69) is 49.5 Å². The lowest BCUT2D eigenvalue weighted by atomic mass is 9.96. The highest BCUT2D eigenvalue weighted by Crippen LogP contribution is 2.29. The summed E-state index contributed by atoms with van der Waals surface area (Å²) in [6.07, 6.45) is 5.59. The van der Waals surface area contributed by atoms with Crippen LogP contribution in [0.25, 0.3) is 11.4 Å². The molecule has 1 aromatic heterocycles. The van der Waals surface area contributed by atoms with Gasteiger partial charge in [0.2, 0.25) is 17.6 Å². The summed E-state index contributed by atoms with van der Waals surface area (Å²) < 4.78 is 5.44. The molecule has 196 valence electrons. The van der Waals surface area contributed by atoms with Crippen molar-refractivity contribution in [3.8, 4) is 11.4 Å². The maximum Gasteiger partial charge on any atom is 0.241 e. The molecule has 0 bridgehead atoms. The van der Waals surface area contributed by atoms with Gasteiger partial charge in [0.1, 0.15) is 0 Å². The molecule has 2 aromatic carbocycles. The molecule has 2 saturated heterocycles. The van der Waals surface area contributed by atoms with Crippen molar-refractivity contribution in [1.29, 1.82) is 0 Å². The predicted octanol–water partition coefficient (Wildman–Crippen LogP) is 5.56. The lowest BCUT2D eigenvalue weighted by Crippen LogP contribution is -2.40. The number of amides is 1. The topological polar surface area (TPSA) is 74.5 Å². The lowest BCUT2D eigenvalue weighted by Gasteiger charge is -2.30. The Balaban J connectivity index is 1.05. The minimum absolute atomic E-state index is 0.0285. The summed E-state index contributed by atoms with van der Waals surface area (Å²) in [5.41, 5.74) is 3.17. The fourth-order valence-corrected chi connectivity index (χ4v) is 5.61. The zero-order chi connectivity index (χ0) is 25.6. The van der Waals surface area contributed by atoms with Gasteiger partial charge >= 0.3 is 0 Å². The van der Waals surface area contributed by atoms with E-state index in [1.54, 1.807) is 18.2 Å². The van der Waals surface area contributed by atoms with Crippen LogP contribution >= 0.6 is 23.2 Å². The maximum absolute atomic E-state index is 12.8. The number of aromatic nitrogens is 2. The van der Waals surface area contributed by atoms with E-state index in [1.165, 1.54) is 37.9 Å². The third kappa shape index (κ3) is 7.11. The van der Waals surface area contributed by atoms with Gasteiger partial charge in [0, 0.05) is 29.6 Å². The summed E-state index contributed by atoms with van der Waals surface area (Å²) >= 11 is 12.2. The number of carbonyl (C=O) groups excluding carboxylic acids is 1. The van der Waals surface area contributed by atoms with E-state index in [0.29, 0.717) is 40.4 Å². The molecule has 7 nitrogen and oxygen atoms in total. The van der Waals surface area contributed by atoms with Crippen molar-refractivity contribution in [1.82, 2.24) is 25.3 Å². The van der Waals surface area contributed by atoms with Crippen molar-refractivity contribution in [3.05, 3.63) is 69.5 Å². The van der Waals surface area contributed by atoms with Crippen LogP contribution in [-0.4, -0.2) is 52.0 Å².